The molecule has 2 aromatic carbocycles. The van der Waals surface area contributed by atoms with Crippen LogP contribution >= 0.6 is 0 Å². The van der Waals surface area contributed by atoms with E-state index >= 15 is 0 Å². The van der Waals surface area contributed by atoms with Gasteiger partial charge in [0.25, 0.3) is 0 Å². The third-order valence-electron chi connectivity index (χ3n) is 9.28. The molecule has 0 nitrogen and oxygen atoms in total. The van der Waals surface area contributed by atoms with Crippen molar-refractivity contribution in [2.75, 3.05) is 0 Å². The lowest BCUT2D eigenvalue weighted by Crippen LogP contribution is -2.01. The van der Waals surface area contributed by atoms with Gasteiger partial charge in [0.05, 0.1) is 0 Å². The molecule has 4 atom stereocenters. The molecule has 0 aromatic heterocycles. The van der Waals surface area contributed by atoms with Crippen molar-refractivity contribution in [3.63, 3.8) is 0 Å². The van der Waals surface area contributed by atoms with E-state index in [2.05, 4.69) is 137 Å². The molecule has 0 amide bonds. The predicted molar refractivity (Wildman–Crippen MR) is 243 cm³/mol. The van der Waals surface area contributed by atoms with Crippen LogP contribution in [0.3, 0.4) is 0 Å². The van der Waals surface area contributed by atoms with Crippen LogP contribution in [0.25, 0.3) is 16.7 Å². The molecule has 0 aliphatic heterocycles. The summed E-state index contributed by atoms with van der Waals surface area (Å²) in [4.78, 5) is 0. The van der Waals surface area contributed by atoms with Gasteiger partial charge in [0, 0.05) is 0 Å². The number of unbranched alkanes of at least 4 members (excludes halogenated alkanes) is 1. The summed E-state index contributed by atoms with van der Waals surface area (Å²) in [7, 11) is 0. The average molecular weight is 701 g/mol. The van der Waals surface area contributed by atoms with Crippen LogP contribution in [0.5, 0.6) is 0 Å². The van der Waals surface area contributed by atoms with Gasteiger partial charge in [0.15, 0.2) is 0 Å². The van der Waals surface area contributed by atoms with Crippen molar-refractivity contribution >= 4 is 5.57 Å². The fourth-order valence-electron chi connectivity index (χ4n) is 5.70. The van der Waals surface area contributed by atoms with E-state index in [4.69, 9.17) is 0 Å². The quantitative estimate of drug-likeness (QED) is 0.136. The number of benzene rings is 2. The van der Waals surface area contributed by atoms with Crippen molar-refractivity contribution in [3.05, 3.63) is 115 Å². The number of allylic oxidation sites excluding steroid dienone is 6. The van der Waals surface area contributed by atoms with Crippen LogP contribution in [0, 0.1) is 43.9 Å². The highest BCUT2D eigenvalue weighted by molar-refractivity contribution is 5.81. The van der Waals surface area contributed by atoms with Crippen LogP contribution < -0.4 is 0 Å². The highest BCUT2D eigenvalue weighted by Gasteiger charge is 2.51. The Bertz CT molecular complexity index is 1200. The minimum Gasteiger partial charge on any atom is -0.103 e. The Balaban J connectivity index is -0.000000310. The Labute approximate surface area is 322 Å². The lowest BCUT2D eigenvalue weighted by atomic mass is 9.91. The molecule has 1 saturated carbocycles. The average Bonchev–Trinajstić information content (AvgIpc) is 3.88. The van der Waals surface area contributed by atoms with Gasteiger partial charge in [0.2, 0.25) is 0 Å². The van der Waals surface area contributed by atoms with Gasteiger partial charge in [-0.3, -0.25) is 0 Å². The van der Waals surface area contributed by atoms with E-state index in [9.17, 15) is 0 Å². The first-order valence-electron chi connectivity index (χ1n) is 20.8. The third kappa shape index (κ3) is 22.6. The Hall–Kier alpha value is -2.86. The molecule has 0 N–H and O–H groups in total. The molecule has 1 aliphatic carbocycles. The van der Waals surface area contributed by atoms with Crippen molar-refractivity contribution in [1.82, 2.24) is 0 Å². The number of rotatable bonds is 14. The second-order valence-corrected chi connectivity index (χ2v) is 13.2. The van der Waals surface area contributed by atoms with Crippen LogP contribution in [-0.4, -0.2) is 0 Å². The van der Waals surface area contributed by atoms with E-state index in [1.165, 1.54) is 90.3 Å². The second kappa shape index (κ2) is 34.2. The molecule has 292 valence electrons. The molecular weight excluding hydrogens is 613 g/mol. The smallest absolute Gasteiger partial charge is 0.00272 e. The van der Waals surface area contributed by atoms with Gasteiger partial charge in [-0.25, -0.2) is 0 Å². The first-order chi connectivity index (χ1) is 24.4. The summed E-state index contributed by atoms with van der Waals surface area (Å²) in [6.45, 7) is 51.4. The fraction of sp³-hybridized carbons (Fsp3) is 0.569. The summed E-state index contributed by atoms with van der Waals surface area (Å²) < 4.78 is 0. The molecule has 0 radical (unpaired) electrons. The highest BCUT2D eigenvalue weighted by atomic mass is 14.5. The van der Waals surface area contributed by atoms with Gasteiger partial charge >= 0.3 is 0 Å². The van der Waals surface area contributed by atoms with Gasteiger partial charge in [-0.2, -0.15) is 0 Å². The molecule has 0 heterocycles. The molecule has 4 unspecified atom stereocenters. The maximum atomic E-state index is 4.14. The number of hydrogen-bond donors (Lipinski definition) is 0. The Morgan fingerprint density at radius 3 is 1.76 bits per heavy atom. The maximum Gasteiger partial charge on any atom is -0.00272 e. The first-order valence-corrected chi connectivity index (χ1v) is 20.8. The van der Waals surface area contributed by atoms with E-state index in [0.717, 1.165) is 17.4 Å². The SMILES string of the molecule is C=C(C)c1ccc(C)cc1-c1ccc(C)cc1C.C=CC(C)CCC/C=C\C1CC1(CC)C(=C)C.C=CCCC(C)CC.CC.CC.CC.CC. The second-order valence-electron chi connectivity index (χ2n) is 13.2. The lowest BCUT2D eigenvalue weighted by molar-refractivity contribution is 0.522. The fourth-order valence-corrected chi connectivity index (χ4v) is 5.70. The summed E-state index contributed by atoms with van der Waals surface area (Å²) in [6.07, 6.45) is 18.9. The van der Waals surface area contributed by atoms with E-state index in [1.807, 2.05) is 67.5 Å². The zero-order chi connectivity index (χ0) is 40.6. The van der Waals surface area contributed by atoms with Crippen LogP contribution in [0.1, 0.15) is 171 Å². The molecule has 0 bridgehead atoms. The molecule has 0 saturated heterocycles. The molecular formula is C51H88. The minimum atomic E-state index is 0.449. The Kier molecular flexibility index (Phi) is 36.9. The topological polar surface area (TPSA) is 0 Å². The molecule has 2 aromatic rings. The number of aryl methyl sites for hydroxylation is 3. The maximum absolute atomic E-state index is 4.14. The van der Waals surface area contributed by atoms with Crippen LogP contribution in [-0.2, 0) is 0 Å². The third-order valence-corrected chi connectivity index (χ3v) is 9.28. The summed E-state index contributed by atoms with van der Waals surface area (Å²) in [5.41, 5.74) is 10.7. The van der Waals surface area contributed by atoms with Gasteiger partial charge in [-0.1, -0.05) is 186 Å². The van der Waals surface area contributed by atoms with Crippen LogP contribution in [0.4, 0.5) is 0 Å². The molecule has 1 fully saturated rings. The first kappa shape index (κ1) is 54.9. The van der Waals surface area contributed by atoms with Crippen molar-refractivity contribution in [2.45, 2.75) is 169 Å². The molecule has 1 aliphatic rings. The lowest BCUT2D eigenvalue weighted by Gasteiger charge is -2.13. The molecule has 0 heteroatoms. The summed E-state index contributed by atoms with van der Waals surface area (Å²) in [5.74, 6) is 2.31. The zero-order valence-electron chi connectivity index (χ0n) is 37.5. The standard InChI is InChI=1S/C18H20.C17H28.C8H16.4C2H6/c1-12(2)16-8-6-14(4)11-18(16)17-9-7-13(3)10-15(17)5;1-6-15(5)11-9-8-10-12-16-13-17(16,7-2)14(3)4;1-4-6-7-8(3)5-2;4*1-2/h6-11H,1H2,2-5H3;6,10,12,15-16H,1,3,7-9,11,13H2,2,4-5H3;4,8H,1,5-7H2,2-3H3;4*1-2H3/b;12-10-;;;;;. The Morgan fingerprint density at radius 1 is 0.784 bits per heavy atom. The van der Waals surface area contributed by atoms with Crippen LogP contribution in [0.2, 0.25) is 0 Å². The van der Waals surface area contributed by atoms with Gasteiger partial charge in [0.1, 0.15) is 0 Å². The van der Waals surface area contributed by atoms with Crippen molar-refractivity contribution in [3.8, 4) is 11.1 Å². The van der Waals surface area contributed by atoms with Gasteiger partial charge in [-0.15, -0.1) is 13.2 Å². The van der Waals surface area contributed by atoms with Crippen molar-refractivity contribution in [2.24, 2.45) is 23.2 Å². The largest absolute Gasteiger partial charge is 0.103 e. The monoisotopic (exact) mass is 701 g/mol. The molecule has 51 heavy (non-hydrogen) atoms. The minimum absolute atomic E-state index is 0.449. The molecule has 0 spiro atoms. The van der Waals surface area contributed by atoms with E-state index in [1.54, 1.807) is 0 Å². The van der Waals surface area contributed by atoms with E-state index in [0.29, 0.717) is 11.3 Å². The van der Waals surface area contributed by atoms with E-state index in [-0.39, 0.29) is 0 Å². The summed E-state index contributed by atoms with van der Waals surface area (Å²) in [5, 5.41) is 0. The predicted octanol–water partition coefficient (Wildman–Crippen LogP) is 17.9. The normalized spacial score (nSPS) is 16.0. The van der Waals surface area contributed by atoms with Crippen molar-refractivity contribution < 1.29 is 0 Å². The van der Waals surface area contributed by atoms with Crippen molar-refractivity contribution in [1.29, 1.82) is 0 Å². The van der Waals surface area contributed by atoms with Gasteiger partial charge < -0.3 is 0 Å². The number of hydrogen-bond acceptors (Lipinski definition) is 0. The Morgan fingerprint density at radius 2 is 1.33 bits per heavy atom. The van der Waals surface area contributed by atoms with E-state index < -0.39 is 0 Å². The summed E-state index contributed by atoms with van der Waals surface area (Å²) in [6, 6.07) is 13.2. The van der Waals surface area contributed by atoms with Gasteiger partial charge in [-0.05, 0) is 125 Å². The van der Waals surface area contributed by atoms with Crippen LogP contribution in [0.15, 0.2) is 92.6 Å². The zero-order valence-corrected chi connectivity index (χ0v) is 37.5. The summed E-state index contributed by atoms with van der Waals surface area (Å²) >= 11 is 0. The molecule has 3 rings (SSSR count). The highest BCUT2D eigenvalue weighted by Crippen LogP contribution is 2.60.